The number of benzene rings is 1. The standard InChI is InChI=1S/C13H14BrNS/c1-9-3-5-11(14)7-13(9)15-8-12-6-4-10(2)16-12/h3-7,15H,8H2,1-2H3. The average Bonchev–Trinajstić information content (AvgIpc) is 2.66. The molecule has 0 aliphatic rings. The first-order valence-corrected chi connectivity index (χ1v) is 6.81. The lowest BCUT2D eigenvalue weighted by Crippen LogP contribution is -1.99. The van der Waals surface area contributed by atoms with E-state index in [1.807, 2.05) is 11.3 Å². The second-order valence-electron chi connectivity index (χ2n) is 3.83. The fraction of sp³-hybridized carbons (Fsp3) is 0.231. The third-order valence-corrected chi connectivity index (χ3v) is 3.94. The summed E-state index contributed by atoms with van der Waals surface area (Å²) in [6, 6.07) is 10.6. The zero-order chi connectivity index (χ0) is 11.5. The third-order valence-electron chi connectivity index (χ3n) is 2.45. The average molecular weight is 296 g/mol. The topological polar surface area (TPSA) is 12.0 Å². The highest BCUT2D eigenvalue weighted by Gasteiger charge is 2.00. The molecule has 0 fully saturated rings. The van der Waals surface area contributed by atoms with E-state index < -0.39 is 0 Å². The van der Waals surface area contributed by atoms with Crippen molar-refractivity contribution in [3.63, 3.8) is 0 Å². The Kier molecular flexibility index (Phi) is 3.66. The van der Waals surface area contributed by atoms with E-state index >= 15 is 0 Å². The van der Waals surface area contributed by atoms with Crippen LogP contribution in [-0.2, 0) is 6.54 Å². The molecule has 0 amide bonds. The summed E-state index contributed by atoms with van der Waals surface area (Å²) >= 11 is 5.33. The van der Waals surface area contributed by atoms with Crippen molar-refractivity contribution >= 4 is 33.0 Å². The highest BCUT2D eigenvalue weighted by atomic mass is 79.9. The molecule has 3 heteroatoms. The van der Waals surface area contributed by atoms with E-state index in [0.29, 0.717) is 0 Å². The van der Waals surface area contributed by atoms with Crippen LogP contribution in [0.1, 0.15) is 15.3 Å². The minimum atomic E-state index is 0.899. The van der Waals surface area contributed by atoms with Gasteiger partial charge in [0, 0.05) is 26.5 Å². The van der Waals surface area contributed by atoms with E-state index in [9.17, 15) is 0 Å². The first-order chi connectivity index (χ1) is 7.65. The van der Waals surface area contributed by atoms with Crippen LogP contribution >= 0.6 is 27.3 Å². The summed E-state index contributed by atoms with van der Waals surface area (Å²) in [5.74, 6) is 0. The van der Waals surface area contributed by atoms with E-state index in [-0.39, 0.29) is 0 Å². The first kappa shape index (κ1) is 11.7. The molecule has 0 saturated carbocycles. The molecule has 1 aromatic carbocycles. The van der Waals surface area contributed by atoms with Gasteiger partial charge in [-0.05, 0) is 43.7 Å². The van der Waals surface area contributed by atoms with Gasteiger partial charge in [0.25, 0.3) is 0 Å². The number of anilines is 1. The van der Waals surface area contributed by atoms with Crippen molar-refractivity contribution in [2.45, 2.75) is 20.4 Å². The number of thiophene rings is 1. The lowest BCUT2D eigenvalue weighted by Gasteiger charge is -2.08. The van der Waals surface area contributed by atoms with Crippen LogP contribution in [0.4, 0.5) is 5.69 Å². The summed E-state index contributed by atoms with van der Waals surface area (Å²) in [4.78, 5) is 2.74. The smallest absolute Gasteiger partial charge is 0.0494 e. The Morgan fingerprint density at radius 2 is 2.00 bits per heavy atom. The lowest BCUT2D eigenvalue weighted by molar-refractivity contribution is 1.18. The normalized spacial score (nSPS) is 10.4. The largest absolute Gasteiger partial charge is 0.380 e. The summed E-state index contributed by atoms with van der Waals surface area (Å²) in [7, 11) is 0. The fourth-order valence-corrected chi connectivity index (χ4v) is 2.74. The Morgan fingerprint density at radius 3 is 2.69 bits per heavy atom. The monoisotopic (exact) mass is 295 g/mol. The number of aryl methyl sites for hydroxylation is 2. The van der Waals surface area contributed by atoms with Crippen LogP contribution in [0.2, 0.25) is 0 Å². The third kappa shape index (κ3) is 2.86. The Bertz CT molecular complexity index is 490. The molecule has 0 spiro atoms. The molecular formula is C13H14BrNS. The number of nitrogens with one attached hydrogen (secondary N) is 1. The summed E-state index contributed by atoms with van der Waals surface area (Å²) in [6.45, 7) is 5.16. The van der Waals surface area contributed by atoms with Gasteiger partial charge < -0.3 is 5.32 Å². The molecule has 1 nitrogen and oxygen atoms in total. The minimum Gasteiger partial charge on any atom is -0.380 e. The van der Waals surface area contributed by atoms with Crippen molar-refractivity contribution in [2.75, 3.05) is 5.32 Å². The molecule has 0 atom stereocenters. The summed E-state index contributed by atoms with van der Waals surface area (Å²) in [5, 5.41) is 3.46. The van der Waals surface area contributed by atoms with Crippen LogP contribution in [0.15, 0.2) is 34.8 Å². The Morgan fingerprint density at radius 1 is 1.19 bits per heavy atom. The van der Waals surface area contributed by atoms with Gasteiger partial charge >= 0.3 is 0 Å². The van der Waals surface area contributed by atoms with E-state index in [0.717, 1.165) is 11.0 Å². The van der Waals surface area contributed by atoms with Gasteiger partial charge in [0.2, 0.25) is 0 Å². The SMILES string of the molecule is Cc1ccc(CNc2cc(Br)ccc2C)s1. The molecule has 84 valence electrons. The van der Waals surface area contributed by atoms with Crippen molar-refractivity contribution in [1.82, 2.24) is 0 Å². The predicted octanol–water partition coefficient (Wildman–Crippen LogP) is 4.74. The van der Waals surface area contributed by atoms with Crippen molar-refractivity contribution in [3.05, 3.63) is 50.1 Å². The van der Waals surface area contributed by atoms with Gasteiger partial charge in [0.15, 0.2) is 0 Å². The van der Waals surface area contributed by atoms with Crippen LogP contribution in [0.5, 0.6) is 0 Å². The zero-order valence-electron chi connectivity index (χ0n) is 9.38. The lowest BCUT2D eigenvalue weighted by atomic mass is 10.2. The molecule has 16 heavy (non-hydrogen) atoms. The number of hydrogen-bond acceptors (Lipinski definition) is 2. The molecule has 0 bridgehead atoms. The molecule has 0 unspecified atom stereocenters. The van der Waals surface area contributed by atoms with Gasteiger partial charge in [-0.1, -0.05) is 22.0 Å². The Hall–Kier alpha value is -0.800. The van der Waals surface area contributed by atoms with Crippen LogP contribution in [-0.4, -0.2) is 0 Å². The maximum atomic E-state index is 3.49. The second kappa shape index (κ2) is 5.02. The van der Waals surface area contributed by atoms with Crippen molar-refractivity contribution in [1.29, 1.82) is 0 Å². The van der Waals surface area contributed by atoms with Gasteiger partial charge in [-0.15, -0.1) is 11.3 Å². The van der Waals surface area contributed by atoms with Gasteiger partial charge in [-0.2, -0.15) is 0 Å². The molecular weight excluding hydrogens is 282 g/mol. The molecule has 0 aliphatic heterocycles. The van der Waals surface area contributed by atoms with Gasteiger partial charge in [0.1, 0.15) is 0 Å². The maximum absolute atomic E-state index is 3.49. The summed E-state index contributed by atoms with van der Waals surface area (Å²) < 4.78 is 1.11. The molecule has 0 aliphatic carbocycles. The first-order valence-electron chi connectivity index (χ1n) is 5.20. The Labute approximate surface area is 109 Å². The van der Waals surface area contributed by atoms with Crippen molar-refractivity contribution in [2.24, 2.45) is 0 Å². The molecule has 1 aromatic heterocycles. The quantitative estimate of drug-likeness (QED) is 0.862. The predicted molar refractivity (Wildman–Crippen MR) is 75.3 cm³/mol. The second-order valence-corrected chi connectivity index (χ2v) is 6.11. The van der Waals surface area contributed by atoms with Crippen LogP contribution in [0.25, 0.3) is 0 Å². The fourth-order valence-electron chi connectivity index (χ4n) is 1.55. The van der Waals surface area contributed by atoms with Crippen LogP contribution in [0.3, 0.4) is 0 Å². The van der Waals surface area contributed by atoms with E-state index in [1.165, 1.54) is 21.0 Å². The summed E-state index contributed by atoms with van der Waals surface area (Å²) in [5.41, 5.74) is 2.47. The van der Waals surface area contributed by atoms with E-state index in [2.05, 4.69) is 65.4 Å². The maximum Gasteiger partial charge on any atom is 0.0494 e. The van der Waals surface area contributed by atoms with Crippen molar-refractivity contribution in [3.8, 4) is 0 Å². The Balaban J connectivity index is 2.07. The number of rotatable bonds is 3. The molecule has 0 radical (unpaired) electrons. The van der Waals surface area contributed by atoms with Crippen molar-refractivity contribution < 1.29 is 0 Å². The van der Waals surface area contributed by atoms with Gasteiger partial charge in [-0.25, -0.2) is 0 Å². The van der Waals surface area contributed by atoms with Crippen LogP contribution in [0, 0.1) is 13.8 Å². The summed E-state index contributed by atoms with van der Waals surface area (Å²) in [6.07, 6.45) is 0. The molecule has 1 heterocycles. The minimum absolute atomic E-state index is 0.899. The molecule has 2 rings (SSSR count). The highest BCUT2D eigenvalue weighted by molar-refractivity contribution is 9.10. The molecule has 2 aromatic rings. The number of halogens is 1. The van der Waals surface area contributed by atoms with E-state index in [4.69, 9.17) is 0 Å². The van der Waals surface area contributed by atoms with E-state index in [1.54, 1.807) is 0 Å². The molecule has 1 N–H and O–H groups in total. The van der Waals surface area contributed by atoms with Gasteiger partial charge in [-0.3, -0.25) is 0 Å². The molecule has 0 saturated heterocycles. The van der Waals surface area contributed by atoms with Gasteiger partial charge in [0.05, 0.1) is 0 Å². The highest BCUT2D eigenvalue weighted by Crippen LogP contribution is 2.22. The number of hydrogen-bond donors (Lipinski definition) is 1. The van der Waals surface area contributed by atoms with Crippen LogP contribution < -0.4 is 5.32 Å². The zero-order valence-corrected chi connectivity index (χ0v) is 11.8.